The first-order chi connectivity index (χ1) is 9.74. The summed E-state index contributed by atoms with van der Waals surface area (Å²) in [4.78, 5) is 0. The Morgan fingerprint density at radius 3 is 2.45 bits per heavy atom. The largest absolute Gasteiger partial charge is 0.486 e. The van der Waals surface area contributed by atoms with Gasteiger partial charge in [0.15, 0.2) is 0 Å². The number of aliphatic hydroxyl groups is 1. The predicted octanol–water partition coefficient (Wildman–Crippen LogP) is 4.30. The fraction of sp³-hybridized carbons (Fsp3) is 0.294. The van der Waals surface area contributed by atoms with E-state index in [4.69, 9.17) is 16.3 Å². The maximum absolute atomic E-state index is 9.81. The van der Waals surface area contributed by atoms with Gasteiger partial charge in [0, 0.05) is 0 Å². The highest BCUT2D eigenvalue weighted by atomic mass is 35.5. The average molecular weight is 289 g/mol. The monoisotopic (exact) mass is 288 g/mol. The summed E-state index contributed by atoms with van der Waals surface area (Å²) in [7, 11) is 0. The number of hydrogen-bond acceptors (Lipinski definition) is 2. The van der Waals surface area contributed by atoms with Crippen LogP contribution in [0, 0.1) is 0 Å². The minimum absolute atomic E-state index is 0.130. The summed E-state index contributed by atoms with van der Waals surface area (Å²) >= 11 is 6.30. The van der Waals surface area contributed by atoms with Gasteiger partial charge in [-0.05, 0) is 42.5 Å². The molecule has 1 fully saturated rings. The highest BCUT2D eigenvalue weighted by molar-refractivity contribution is 6.32. The van der Waals surface area contributed by atoms with Crippen molar-refractivity contribution in [1.82, 2.24) is 0 Å². The molecule has 3 rings (SSSR count). The number of halogens is 1. The molecule has 0 radical (unpaired) electrons. The topological polar surface area (TPSA) is 29.5 Å². The molecule has 0 amide bonds. The molecule has 0 saturated heterocycles. The van der Waals surface area contributed by atoms with Crippen molar-refractivity contribution in [2.75, 3.05) is 0 Å². The predicted molar refractivity (Wildman–Crippen MR) is 81.2 cm³/mol. The van der Waals surface area contributed by atoms with Crippen molar-refractivity contribution in [1.29, 1.82) is 0 Å². The molecule has 2 aromatic carbocycles. The van der Waals surface area contributed by atoms with E-state index in [1.54, 1.807) is 0 Å². The molecule has 0 heterocycles. The molecule has 104 valence electrons. The lowest BCUT2D eigenvalue weighted by atomic mass is 10.1. The van der Waals surface area contributed by atoms with Crippen molar-refractivity contribution >= 4 is 11.6 Å². The van der Waals surface area contributed by atoms with E-state index in [0.717, 1.165) is 30.4 Å². The molecule has 2 aromatic rings. The number of benzene rings is 2. The summed E-state index contributed by atoms with van der Waals surface area (Å²) in [6.45, 7) is 0. The molecule has 1 saturated carbocycles. The van der Waals surface area contributed by atoms with E-state index < -0.39 is 0 Å². The molecule has 0 bridgehead atoms. The Bertz CT molecular complexity index is 583. The highest BCUT2D eigenvalue weighted by Crippen LogP contribution is 2.33. The third kappa shape index (κ3) is 2.82. The lowest BCUT2D eigenvalue weighted by molar-refractivity contribution is 0.0605. The molecular weight excluding hydrogens is 272 g/mol. The number of hydrogen-bond donors (Lipinski definition) is 1. The third-order valence-corrected chi connectivity index (χ3v) is 4.03. The summed E-state index contributed by atoms with van der Waals surface area (Å²) in [5.74, 6) is 0.650. The van der Waals surface area contributed by atoms with Gasteiger partial charge in [0.25, 0.3) is 0 Å². The van der Waals surface area contributed by atoms with Crippen LogP contribution in [0.5, 0.6) is 5.75 Å². The SMILES string of the molecule is O[C@H]1CCC[C@@H]1Oc1ccc(-c2ccccc2)cc1Cl. The molecule has 1 aliphatic carbocycles. The number of rotatable bonds is 3. The zero-order valence-electron chi connectivity index (χ0n) is 11.1. The molecule has 0 aliphatic heterocycles. The van der Waals surface area contributed by atoms with Crippen LogP contribution in [0.1, 0.15) is 19.3 Å². The van der Waals surface area contributed by atoms with Crippen LogP contribution in [-0.4, -0.2) is 17.3 Å². The Morgan fingerprint density at radius 2 is 1.80 bits per heavy atom. The first-order valence-corrected chi connectivity index (χ1v) is 7.31. The van der Waals surface area contributed by atoms with Gasteiger partial charge in [-0.1, -0.05) is 48.0 Å². The Kier molecular flexibility index (Phi) is 3.95. The lowest BCUT2D eigenvalue weighted by Crippen LogP contribution is -2.25. The van der Waals surface area contributed by atoms with Gasteiger partial charge in [-0.15, -0.1) is 0 Å². The second-order valence-electron chi connectivity index (χ2n) is 5.17. The first-order valence-electron chi connectivity index (χ1n) is 6.94. The van der Waals surface area contributed by atoms with Gasteiger partial charge in [-0.2, -0.15) is 0 Å². The summed E-state index contributed by atoms with van der Waals surface area (Å²) in [5, 5.41) is 10.4. The minimum Gasteiger partial charge on any atom is -0.486 e. The van der Waals surface area contributed by atoms with Gasteiger partial charge in [-0.25, -0.2) is 0 Å². The highest BCUT2D eigenvalue weighted by Gasteiger charge is 2.27. The van der Waals surface area contributed by atoms with Gasteiger partial charge in [0.05, 0.1) is 11.1 Å². The zero-order valence-corrected chi connectivity index (χ0v) is 11.9. The second kappa shape index (κ2) is 5.86. The van der Waals surface area contributed by atoms with Gasteiger partial charge in [-0.3, -0.25) is 0 Å². The van der Waals surface area contributed by atoms with Crippen LogP contribution >= 0.6 is 11.6 Å². The van der Waals surface area contributed by atoms with E-state index in [-0.39, 0.29) is 12.2 Å². The molecule has 0 aromatic heterocycles. The standard InChI is InChI=1S/C17H17ClO2/c18-14-11-13(12-5-2-1-3-6-12)9-10-16(14)20-17-8-4-7-15(17)19/h1-3,5-6,9-11,15,17,19H,4,7-8H2/t15-,17-/m0/s1. The summed E-state index contributed by atoms with van der Waals surface area (Å²) in [6.07, 6.45) is 2.20. The Morgan fingerprint density at radius 1 is 1.00 bits per heavy atom. The van der Waals surface area contributed by atoms with E-state index in [9.17, 15) is 5.11 Å². The Hall–Kier alpha value is -1.51. The maximum atomic E-state index is 9.81. The van der Waals surface area contributed by atoms with Crippen molar-refractivity contribution < 1.29 is 9.84 Å². The first kappa shape index (κ1) is 13.5. The van der Waals surface area contributed by atoms with Crippen LogP contribution in [0.25, 0.3) is 11.1 Å². The average Bonchev–Trinajstić information content (AvgIpc) is 2.87. The van der Waals surface area contributed by atoms with Crippen molar-refractivity contribution in [3.8, 4) is 16.9 Å². The smallest absolute Gasteiger partial charge is 0.138 e. The van der Waals surface area contributed by atoms with E-state index in [1.807, 2.05) is 48.5 Å². The molecule has 2 atom stereocenters. The summed E-state index contributed by atoms with van der Waals surface area (Å²) in [6, 6.07) is 15.9. The molecule has 20 heavy (non-hydrogen) atoms. The fourth-order valence-corrected chi connectivity index (χ4v) is 2.84. The van der Waals surface area contributed by atoms with Crippen molar-refractivity contribution in [3.63, 3.8) is 0 Å². The van der Waals surface area contributed by atoms with Crippen molar-refractivity contribution in [3.05, 3.63) is 53.6 Å². The zero-order chi connectivity index (χ0) is 13.9. The van der Waals surface area contributed by atoms with E-state index in [2.05, 4.69) is 0 Å². The molecule has 0 unspecified atom stereocenters. The van der Waals surface area contributed by atoms with E-state index >= 15 is 0 Å². The molecule has 3 heteroatoms. The molecule has 1 aliphatic rings. The van der Waals surface area contributed by atoms with Crippen LogP contribution < -0.4 is 4.74 Å². The van der Waals surface area contributed by atoms with Gasteiger partial charge in [0.1, 0.15) is 11.9 Å². The number of aliphatic hydroxyl groups excluding tert-OH is 1. The van der Waals surface area contributed by atoms with Crippen LogP contribution in [0.4, 0.5) is 0 Å². The molecular formula is C17H17ClO2. The molecule has 1 N–H and O–H groups in total. The van der Waals surface area contributed by atoms with E-state index in [0.29, 0.717) is 10.8 Å². The quantitative estimate of drug-likeness (QED) is 0.912. The van der Waals surface area contributed by atoms with Gasteiger partial charge in [0.2, 0.25) is 0 Å². The van der Waals surface area contributed by atoms with Gasteiger partial charge >= 0.3 is 0 Å². The molecule has 2 nitrogen and oxygen atoms in total. The normalized spacial score (nSPS) is 21.9. The van der Waals surface area contributed by atoms with Crippen molar-refractivity contribution in [2.24, 2.45) is 0 Å². The second-order valence-corrected chi connectivity index (χ2v) is 5.57. The van der Waals surface area contributed by atoms with Crippen LogP contribution in [0.15, 0.2) is 48.5 Å². The summed E-state index contributed by atoms with van der Waals surface area (Å²) < 4.78 is 5.83. The Balaban J connectivity index is 1.81. The minimum atomic E-state index is -0.375. The fourth-order valence-electron chi connectivity index (χ4n) is 2.61. The van der Waals surface area contributed by atoms with E-state index in [1.165, 1.54) is 0 Å². The van der Waals surface area contributed by atoms with Crippen molar-refractivity contribution in [2.45, 2.75) is 31.5 Å². The maximum Gasteiger partial charge on any atom is 0.138 e. The lowest BCUT2D eigenvalue weighted by Gasteiger charge is -2.18. The molecule has 0 spiro atoms. The third-order valence-electron chi connectivity index (χ3n) is 3.74. The number of ether oxygens (including phenoxy) is 1. The van der Waals surface area contributed by atoms with Crippen LogP contribution in [0.3, 0.4) is 0 Å². The summed E-state index contributed by atoms with van der Waals surface area (Å²) in [5.41, 5.74) is 2.19. The Labute approximate surface area is 124 Å². The van der Waals surface area contributed by atoms with Crippen LogP contribution in [-0.2, 0) is 0 Å². The van der Waals surface area contributed by atoms with Crippen LogP contribution in [0.2, 0.25) is 5.02 Å². The van der Waals surface area contributed by atoms with Gasteiger partial charge < -0.3 is 9.84 Å².